The SMILES string of the molecule is N#Cc1cccc(C(=CC=CC(=O)O)c2cccc(C(F)(F)F)c2)c1. The molecule has 3 nitrogen and oxygen atoms in total. The summed E-state index contributed by atoms with van der Waals surface area (Å²) in [4.78, 5) is 10.6. The van der Waals surface area contributed by atoms with Crippen molar-refractivity contribution in [3.05, 3.63) is 89.0 Å². The largest absolute Gasteiger partial charge is 0.478 e. The molecule has 0 aliphatic carbocycles. The van der Waals surface area contributed by atoms with Crippen LogP contribution in [0.2, 0.25) is 0 Å². The van der Waals surface area contributed by atoms with Gasteiger partial charge in [0.25, 0.3) is 0 Å². The van der Waals surface area contributed by atoms with Crippen LogP contribution in [0, 0.1) is 11.3 Å². The molecule has 0 amide bonds. The Hall–Kier alpha value is -3.33. The van der Waals surface area contributed by atoms with Gasteiger partial charge < -0.3 is 5.11 Å². The number of allylic oxidation sites excluding steroid dienone is 2. The first-order valence-corrected chi connectivity index (χ1v) is 7.11. The molecular weight excluding hydrogens is 331 g/mol. The van der Waals surface area contributed by atoms with Crippen molar-refractivity contribution in [3.63, 3.8) is 0 Å². The summed E-state index contributed by atoms with van der Waals surface area (Å²) in [5, 5.41) is 17.7. The van der Waals surface area contributed by atoms with Crippen LogP contribution in [0.3, 0.4) is 0 Å². The van der Waals surface area contributed by atoms with E-state index >= 15 is 0 Å². The predicted molar refractivity (Wildman–Crippen MR) is 86.5 cm³/mol. The number of benzene rings is 2. The Balaban J connectivity index is 2.60. The highest BCUT2D eigenvalue weighted by atomic mass is 19.4. The third-order valence-corrected chi connectivity index (χ3v) is 3.31. The van der Waals surface area contributed by atoms with Gasteiger partial charge in [-0.1, -0.05) is 36.4 Å². The third kappa shape index (κ3) is 4.82. The Morgan fingerprint density at radius 2 is 1.72 bits per heavy atom. The molecule has 2 aromatic carbocycles. The summed E-state index contributed by atoms with van der Waals surface area (Å²) in [7, 11) is 0. The Morgan fingerprint density at radius 1 is 1.08 bits per heavy atom. The number of carbonyl (C=O) groups is 1. The minimum atomic E-state index is -4.49. The number of carboxylic acids is 1. The molecule has 126 valence electrons. The number of carboxylic acid groups (broad SMARTS) is 1. The first kappa shape index (κ1) is 18.0. The molecule has 2 aromatic rings. The quantitative estimate of drug-likeness (QED) is 0.649. The van der Waals surface area contributed by atoms with Crippen molar-refractivity contribution >= 4 is 11.5 Å². The molecule has 1 N–H and O–H groups in total. The van der Waals surface area contributed by atoms with Crippen LogP contribution in [-0.2, 0) is 11.0 Å². The molecule has 0 heterocycles. The normalized spacial score (nSPS) is 12.2. The highest BCUT2D eigenvalue weighted by molar-refractivity contribution is 5.84. The summed E-state index contributed by atoms with van der Waals surface area (Å²) >= 11 is 0. The fourth-order valence-corrected chi connectivity index (χ4v) is 2.21. The molecule has 0 radical (unpaired) electrons. The van der Waals surface area contributed by atoms with Crippen molar-refractivity contribution in [1.82, 2.24) is 0 Å². The number of aliphatic carboxylic acids is 1. The van der Waals surface area contributed by atoms with Crippen LogP contribution in [0.5, 0.6) is 0 Å². The molecule has 0 fully saturated rings. The molecule has 0 spiro atoms. The van der Waals surface area contributed by atoms with Gasteiger partial charge in [0, 0.05) is 6.08 Å². The zero-order chi connectivity index (χ0) is 18.4. The number of nitriles is 1. The van der Waals surface area contributed by atoms with E-state index in [1.165, 1.54) is 30.4 Å². The molecule has 0 atom stereocenters. The third-order valence-electron chi connectivity index (χ3n) is 3.31. The monoisotopic (exact) mass is 343 g/mol. The van der Waals surface area contributed by atoms with E-state index in [1.54, 1.807) is 18.2 Å². The minimum Gasteiger partial charge on any atom is -0.478 e. The number of nitrogens with zero attached hydrogens (tertiary/aromatic N) is 1. The smallest absolute Gasteiger partial charge is 0.416 e. The molecule has 2 rings (SSSR count). The Labute approximate surface area is 142 Å². The Kier molecular flexibility index (Phi) is 5.40. The van der Waals surface area contributed by atoms with E-state index in [9.17, 15) is 18.0 Å². The van der Waals surface area contributed by atoms with E-state index in [2.05, 4.69) is 0 Å². The average Bonchev–Trinajstić information content (AvgIpc) is 2.58. The lowest BCUT2D eigenvalue weighted by atomic mass is 9.95. The molecule has 0 bridgehead atoms. The van der Waals surface area contributed by atoms with E-state index in [1.807, 2.05) is 6.07 Å². The van der Waals surface area contributed by atoms with E-state index in [-0.39, 0.29) is 5.56 Å². The molecule has 0 aliphatic rings. The van der Waals surface area contributed by atoms with Gasteiger partial charge >= 0.3 is 12.1 Å². The molecule has 0 aromatic heterocycles. The van der Waals surface area contributed by atoms with Gasteiger partial charge in [-0.05, 0) is 41.0 Å². The maximum Gasteiger partial charge on any atom is 0.416 e. The maximum absolute atomic E-state index is 13.0. The molecule has 0 saturated heterocycles. The van der Waals surface area contributed by atoms with Crippen LogP contribution in [0.1, 0.15) is 22.3 Å². The van der Waals surface area contributed by atoms with Gasteiger partial charge in [0.15, 0.2) is 0 Å². The van der Waals surface area contributed by atoms with Crippen LogP contribution in [-0.4, -0.2) is 11.1 Å². The van der Waals surface area contributed by atoms with Crippen LogP contribution < -0.4 is 0 Å². The second kappa shape index (κ2) is 7.49. The van der Waals surface area contributed by atoms with Crippen LogP contribution in [0.25, 0.3) is 5.57 Å². The van der Waals surface area contributed by atoms with Crippen LogP contribution in [0.15, 0.2) is 66.8 Å². The van der Waals surface area contributed by atoms with Crippen molar-refractivity contribution in [1.29, 1.82) is 5.26 Å². The van der Waals surface area contributed by atoms with Crippen molar-refractivity contribution < 1.29 is 23.1 Å². The number of rotatable bonds is 4. The molecule has 6 heteroatoms. The topological polar surface area (TPSA) is 61.1 Å². The van der Waals surface area contributed by atoms with E-state index < -0.39 is 17.7 Å². The predicted octanol–water partition coefficient (Wildman–Crippen LogP) is 4.65. The number of halogens is 3. The first-order valence-electron chi connectivity index (χ1n) is 7.11. The molecular formula is C19H12F3NO2. The standard InChI is InChI=1S/C19H12F3NO2/c20-19(21,22)16-7-2-6-15(11-16)17(8-3-9-18(24)25)14-5-1-4-13(10-14)12-23/h1-11H,(H,24,25). The highest BCUT2D eigenvalue weighted by Gasteiger charge is 2.30. The number of hydrogen-bond acceptors (Lipinski definition) is 2. The first-order chi connectivity index (χ1) is 11.8. The summed E-state index contributed by atoms with van der Waals surface area (Å²) in [6.45, 7) is 0. The lowest BCUT2D eigenvalue weighted by Gasteiger charge is -2.12. The van der Waals surface area contributed by atoms with Gasteiger partial charge in [-0.25, -0.2) is 4.79 Å². The average molecular weight is 343 g/mol. The van der Waals surface area contributed by atoms with Crippen molar-refractivity contribution in [2.24, 2.45) is 0 Å². The lowest BCUT2D eigenvalue weighted by Crippen LogP contribution is -2.05. The van der Waals surface area contributed by atoms with Gasteiger partial charge in [-0.3, -0.25) is 0 Å². The highest BCUT2D eigenvalue weighted by Crippen LogP contribution is 2.32. The summed E-state index contributed by atoms with van der Waals surface area (Å²) in [5.74, 6) is -1.18. The number of hydrogen-bond donors (Lipinski definition) is 1. The zero-order valence-corrected chi connectivity index (χ0v) is 12.8. The van der Waals surface area contributed by atoms with Crippen LogP contribution >= 0.6 is 0 Å². The summed E-state index contributed by atoms with van der Waals surface area (Å²) in [6, 6.07) is 13.0. The summed E-state index contributed by atoms with van der Waals surface area (Å²) < 4.78 is 38.9. The van der Waals surface area contributed by atoms with E-state index in [0.29, 0.717) is 16.7 Å². The van der Waals surface area contributed by atoms with Gasteiger partial charge in [-0.2, -0.15) is 18.4 Å². The van der Waals surface area contributed by atoms with Crippen molar-refractivity contribution in [3.8, 4) is 6.07 Å². The lowest BCUT2D eigenvalue weighted by molar-refractivity contribution is -0.137. The fraction of sp³-hybridized carbons (Fsp3) is 0.0526. The molecule has 25 heavy (non-hydrogen) atoms. The second-order valence-corrected chi connectivity index (χ2v) is 5.05. The number of alkyl halides is 3. The van der Waals surface area contributed by atoms with Crippen molar-refractivity contribution in [2.45, 2.75) is 6.18 Å². The molecule has 0 unspecified atom stereocenters. The second-order valence-electron chi connectivity index (χ2n) is 5.05. The van der Waals surface area contributed by atoms with Gasteiger partial charge in [0.05, 0.1) is 17.2 Å². The Morgan fingerprint density at radius 3 is 2.32 bits per heavy atom. The zero-order valence-electron chi connectivity index (χ0n) is 12.8. The minimum absolute atomic E-state index is 0.264. The van der Waals surface area contributed by atoms with E-state index in [0.717, 1.165) is 18.2 Å². The van der Waals surface area contributed by atoms with Gasteiger partial charge in [0.2, 0.25) is 0 Å². The molecule has 0 saturated carbocycles. The summed E-state index contributed by atoms with van der Waals surface area (Å²) in [6.07, 6.45) is -0.981. The van der Waals surface area contributed by atoms with Gasteiger partial charge in [-0.15, -0.1) is 0 Å². The van der Waals surface area contributed by atoms with Crippen LogP contribution in [0.4, 0.5) is 13.2 Å². The van der Waals surface area contributed by atoms with Crippen molar-refractivity contribution in [2.75, 3.05) is 0 Å². The maximum atomic E-state index is 13.0. The van der Waals surface area contributed by atoms with E-state index in [4.69, 9.17) is 10.4 Å². The summed E-state index contributed by atoms with van der Waals surface area (Å²) in [5.41, 5.74) is 0.682. The Bertz CT molecular complexity index is 890. The fourth-order valence-electron chi connectivity index (χ4n) is 2.21. The molecule has 0 aliphatic heterocycles. The van der Waals surface area contributed by atoms with Gasteiger partial charge in [0.1, 0.15) is 0 Å².